The number of hydrogen-bond acceptors (Lipinski definition) is 2. The average molecular weight is 369 g/mol. The largest absolute Gasteiger partial charge is 0.492 e. The predicted octanol–water partition coefficient (Wildman–Crippen LogP) is 3.66. The SMILES string of the molecule is CCOc1c(I)cc(Br)cc1C(C)=O. The Morgan fingerprint density at radius 3 is 2.71 bits per heavy atom. The molecule has 0 amide bonds. The van der Waals surface area contributed by atoms with Gasteiger partial charge in [0.15, 0.2) is 5.78 Å². The molecule has 0 fully saturated rings. The van der Waals surface area contributed by atoms with Gasteiger partial charge in [-0.05, 0) is 48.6 Å². The number of ketones is 1. The van der Waals surface area contributed by atoms with Crippen molar-refractivity contribution in [2.24, 2.45) is 0 Å². The minimum atomic E-state index is 0.0210. The lowest BCUT2D eigenvalue weighted by molar-refractivity contribution is 0.101. The van der Waals surface area contributed by atoms with Crippen LogP contribution in [0.4, 0.5) is 0 Å². The number of ether oxygens (including phenoxy) is 1. The number of Topliss-reactive ketones (excluding diaryl/α,β-unsaturated/α-hetero) is 1. The molecule has 0 heterocycles. The molecule has 1 aromatic carbocycles. The third kappa shape index (κ3) is 2.70. The van der Waals surface area contributed by atoms with Crippen LogP contribution in [-0.4, -0.2) is 12.4 Å². The second-order valence-electron chi connectivity index (χ2n) is 2.75. The van der Waals surface area contributed by atoms with E-state index in [2.05, 4.69) is 38.5 Å². The number of carbonyl (C=O) groups is 1. The van der Waals surface area contributed by atoms with Crippen LogP contribution in [0, 0.1) is 3.57 Å². The Kier molecular flexibility index (Phi) is 4.37. The molecule has 4 heteroatoms. The molecule has 0 aromatic heterocycles. The fraction of sp³-hybridized carbons (Fsp3) is 0.300. The first-order valence-corrected chi connectivity index (χ1v) is 6.06. The molecule has 76 valence electrons. The second kappa shape index (κ2) is 5.11. The molecule has 0 bridgehead atoms. The third-order valence-electron chi connectivity index (χ3n) is 1.68. The van der Waals surface area contributed by atoms with Gasteiger partial charge in [0.2, 0.25) is 0 Å². The first-order chi connectivity index (χ1) is 6.56. The van der Waals surface area contributed by atoms with Gasteiger partial charge in [0.25, 0.3) is 0 Å². The molecule has 0 atom stereocenters. The summed E-state index contributed by atoms with van der Waals surface area (Å²) in [5.74, 6) is 0.705. The molecule has 1 rings (SSSR count). The lowest BCUT2D eigenvalue weighted by atomic mass is 10.1. The van der Waals surface area contributed by atoms with Crippen LogP contribution in [0.25, 0.3) is 0 Å². The highest BCUT2D eigenvalue weighted by Gasteiger charge is 2.12. The van der Waals surface area contributed by atoms with Gasteiger partial charge < -0.3 is 4.74 Å². The van der Waals surface area contributed by atoms with E-state index in [9.17, 15) is 4.79 Å². The Labute approximate surface area is 105 Å². The molecule has 0 aliphatic carbocycles. The van der Waals surface area contributed by atoms with E-state index < -0.39 is 0 Å². The van der Waals surface area contributed by atoms with E-state index in [1.54, 1.807) is 13.0 Å². The van der Waals surface area contributed by atoms with Gasteiger partial charge in [-0.15, -0.1) is 0 Å². The van der Waals surface area contributed by atoms with Crippen molar-refractivity contribution < 1.29 is 9.53 Å². The van der Waals surface area contributed by atoms with E-state index >= 15 is 0 Å². The lowest BCUT2D eigenvalue weighted by Crippen LogP contribution is -2.02. The van der Waals surface area contributed by atoms with Gasteiger partial charge in [-0.1, -0.05) is 15.9 Å². The molecular formula is C10H10BrIO2. The molecular weight excluding hydrogens is 359 g/mol. The smallest absolute Gasteiger partial charge is 0.163 e. The standard InChI is InChI=1S/C10H10BrIO2/c1-3-14-10-8(6(2)13)4-7(11)5-9(10)12/h4-5H,3H2,1-2H3. The zero-order valence-corrected chi connectivity index (χ0v) is 11.7. The van der Waals surface area contributed by atoms with Gasteiger partial charge in [-0.2, -0.15) is 0 Å². The second-order valence-corrected chi connectivity index (χ2v) is 4.83. The minimum Gasteiger partial charge on any atom is -0.492 e. The van der Waals surface area contributed by atoms with Crippen LogP contribution in [0.3, 0.4) is 0 Å². The maximum Gasteiger partial charge on any atom is 0.163 e. The van der Waals surface area contributed by atoms with Crippen molar-refractivity contribution in [3.63, 3.8) is 0 Å². The van der Waals surface area contributed by atoms with Gasteiger partial charge in [0.1, 0.15) is 5.75 Å². The Morgan fingerprint density at radius 1 is 1.57 bits per heavy atom. The van der Waals surface area contributed by atoms with E-state index in [0.29, 0.717) is 17.9 Å². The first kappa shape index (κ1) is 12.0. The summed E-state index contributed by atoms with van der Waals surface area (Å²) in [6, 6.07) is 3.72. The highest BCUT2D eigenvalue weighted by molar-refractivity contribution is 14.1. The summed E-state index contributed by atoms with van der Waals surface area (Å²) >= 11 is 5.52. The minimum absolute atomic E-state index is 0.0210. The highest BCUT2D eigenvalue weighted by Crippen LogP contribution is 2.30. The fourth-order valence-corrected chi connectivity index (χ4v) is 2.78. The molecule has 0 radical (unpaired) electrons. The molecule has 0 saturated carbocycles. The van der Waals surface area contributed by atoms with Crippen molar-refractivity contribution in [3.05, 3.63) is 25.7 Å². The number of carbonyl (C=O) groups excluding carboxylic acids is 1. The molecule has 0 spiro atoms. The van der Waals surface area contributed by atoms with Crippen LogP contribution >= 0.6 is 38.5 Å². The van der Waals surface area contributed by atoms with E-state index in [4.69, 9.17) is 4.74 Å². The molecule has 14 heavy (non-hydrogen) atoms. The van der Waals surface area contributed by atoms with Gasteiger partial charge in [0, 0.05) is 4.47 Å². The Morgan fingerprint density at radius 2 is 2.21 bits per heavy atom. The molecule has 2 nitrogen and oxygen atoms in total. The topological polar surface area (TPSA) is 26.3 Å². The van der Waals surface area contributed by atoms with Gasteiger partial charge >= 0.3 is 0 Å². The molecule has 0 aliphatic rings. The van der Waals surface area contributed by atoms with Gasteiger partial charge in [-0.3, -0.25) is 4.79 Å². The summed E-state index contributed by atoms with van der Waals surface area (Å²) < 4.78 is 7.28. The van der Waals surface area contributed by atoms with Crippen molar-refractivity contribution in [2.45, 2.75) is 13.8 Å². The molecule has 1 aromatic rings. The Bertz CT molecular complexity index is 363. The van der Waals surface area contributed by atoms with Crippen LogP contribution < -0.4 is 4.74 Å². The Balaban J connectivity index is 3.28. The third-order valence-corrected chi connectivity index (χ3v) is 2.94. The molecule has 0 aliphatic heterocycles. The number of rotatable bonds is 3. The van der Waals surface area contributed by atoms with Crippen LogP contribution in [0.1, 0.15) is 24.2 Å². The summed E-state index contributed by atoms with van der Waals surface area (Å²) in [6.07, 6.45) is 0. The zero-order chi connectivity index (χ0) is 10.7. The van der Waals surface area contributed by atoms with Crippen molar-refractivity contribution in [3.8, 4) is 5.75 Å². The lowest BCUT2D eigenvalue weighted by Gasteiger charge is -2.10. The number of hydrogen-bond donors (Lipinski definition) is 0. The summed E-state index contributed by atoms with van der Waals surface area (Å²) in [6.45, 7) is 4.01. The van der Waals surface area contributed by atoms with Crippen molar-refractivity contribution >= 4 is 44.3 Å². The first-order valence-electron chi connectivity index (χ1n) is 4.19. The summed E-state index contributed by atoms with van der Waals surface area (Å²) in [4.78, 5) is 11.3. The molecule has 0 N–H and O–H groups in total. The van der Waals surface area contributed by atoms with Crippen LogP contribution in [0.2, 0.25) is 0 Å². The van der Waals surface area contributed by atoms with Crippen LogP contribution in [0.15, 0.2) is 16.6 Å². The van der Waals surface area contributed by atoms with Gasteiger partial charge in [0.05, 0.1) is 15.7 Å². The quantitative estimate of drug-likeness (QED) is 0.601. The maximum absolute atomic E-state index is 11.3. The highest BCUT2D eigenvalue weighted by atomic mass is 127. The van der Waals surface area contributed by atoms with Gasteiger partial charge in [-0.25, -0.2) is 0 Å². The summed E-state index contributed by atoms with van der Waals surface area (Å²) in [7, 11) is 0. The molecule has 0 saturated heterocycles. The maximum atomic E-state index is 11.3. The number of benzene rings is 1. The normalized spacial score (nSPS) is 10.0. The Hall–Kier alpha value is -0.100. The average Bonchev–Trinajstić information content (AvgIpc) is 2.09. The van der Waals surface area contributed by atoms with E-state index in [-0.39, 0.29) is 5.78 Å². The number of halogens is 2. The van der Waals surface area contributed by atoms with Crippen molar-refractivity contribution in [1.29, 1.82) is 0 Å². The van der Waals surface area contributed by atoms with Crippen molar-refractivity contribution in [1.82, 2.24) is 0 Å². The van der Waals surface area contributed by atoms with Crippen LogP contribution in [-0.2, 0) is 0 Å². The summed E-state index contributed by atoms with van der Waals surface area (Å²) in [5, 5.41) is 0. The van der Waals surface area contributed by atoms with E-state index in [0.717, 1.165) is 8.04 Å². The predicted molar refractivity (Wildman–Crippen MR) is 68.0 cm³/mol. The summed E-state index contributed by atoms with van der Waals surface area (Å²) in [5.41, 5.74) is 0.630. The molecule has 0 unspecified atom stereocenters. The van der Waals surface area contributed by atoms with E-state index in [1.807, 2.05) is 13.0 Å². The van der Waals surface area contributed by atoms with Crippen molar-refractivity contribution in [2.75, 3.05) is 6.61 Å². The fourth-order valence-electron chi connectivity index (χ4n) is 1.11. The van der Waals surface area contributed by atoms with Crippen LogP contribution in [0.5, 0.6) is 5.75 Å². The zero-order valence-electron chi connectivity index (χ0n) is 7.93. The van der Waals surface area contributed by atoms with E-state index in [1.165, 1.54) is 0 Å². The monoisotopic (exact) mass is 368 g/mol.